The van der Waals surface area contributed by atoms with Crippen LogP contribution in [-0.4, -0.2) is 24.2 Å². The molecule has 4 N–H and O–H groups in total. The van der Waals surface area contributed by atoms with Gasteiger partial charge in [-0.05, 0) is 31.5 Å². The van der Waals surface area contributed by atoms with Crippen molar-refractivity contribution in [3.63, 3.8) is 0 Å². The summed E-state index contributed by atoms with van der Waals surface area (Å²) in [5.74, 6) is -0.848. The monoisotopic (exact) mass is 222 g/mol. The molecule has 1 rings (SSSR count). The minimum absolute atomic E-state index is 0.626. The summed E-state index contributed by atoms with van der Waals surface area (Å²) in [6, 6.07) is 8.55. The lowest BCUT2D eigenvalue weighted by molar-refractivity contribution is -0.139. The number of carboxylic acids is 1. The zero-order valence-electron chi connectivity index (χ0n) is 9.23. The topological polar surface area (TPSA) is 75.3 Å². The predicted molar refractivity (Wildman–Crippen MR) is 63.1 cm³/mol. The van der Waals surface area contributed by atoms with Crippen LogP contribution in [0, 0.1) is 0 Å². The SMILES string of the molecule is NCCCCNC(C(=O)O)c1ccccc1. The number of benzene rings is 1. The summed E-state index contributed by atoms with van der Waals surface area (Å²) in [5.41, 5.74) is 6.15. The summed E-state index contributed by atoms with van der Waals surface area (Å²) in [7, 11) is 0. The molecule has 1 atom stereocenters. The van der Waals surface area contributed by atoms with Gasteiger partial charge in [0.25, 0.3) is 0 Å². The van der Waals surface area contributed by atoms with Gasteiger partial charge in [0.1, 0.15) is 6.04 Å². The second kappa shape index (κ2) is 6.98. The molecule has 0 spiro atoms. The molecule has 0 aliphatic rings. The van der Waals surface area contributed by atoms with Crippen molar-refractivity contribution in [1.82, 2.24) is 5.32 Å². The van der Waals surface area contributed by atoms with Crippen molar-refractivity contribution in [3.8, 4) is 0 Å². The van der Waals surface area contributed by atoms with Gasteiger partial charge in [0, 0.05) is 0 Å². The molecular weight excluding hydrogens is 204 g/mol. The summed E-state index contributed by atoms with van der Waals surface area (Å²) in [6.45, 7) is 1.31. The highest BCUT2D eigenvalue weighted by Crippen LogP contribution is 2.12. The highest BCUT2D eigenvalue weighted by atomic mass is 16.4. The molecule has 1 aromatic carbocycles. The molecule has 0 saturated carbocycles. The number of rotatable bonds is 7. The van der Waals surface area contributed by atoms with E-state index in [4.69, 9.17) is 10.8 Å². The zero-order valence-corrected chi connectivity index (χ0v) is 9.23. The van der Waals surface area contributed by atoms with Gasteiger partial charge in [-0.15, -0.1) is 0 Å². The van der Waals surface area contributed by atoms with Gasteiger partial charge in [0.05, 0.1) is 0 Å². The maximum absolute atomic E-state index is 11.1. The largest absolute Gasteiger partial charge is 0.480 e. The number of carboxylic acid groups (broad SMARTS) is 1. The lowest BCUT2D eigenvalue weighted by atomic mass is 10.1. The van der Waals surface area contributed by atoms with Crippen LogP contribution >= 0.6 is 0 Å². The van der Waals surface area contributed by atoms with Crippen LogP contribution in [0.25, 0.3) is 0 Å². The van der Waals surface area contributed by atoms with E-state index in [1.165, 1.54) is 0 Å². The molecule has 0 radical (unpaired) electrons. The Hall–Kier alpha value is -1.39. The van der Waals surface area contributed by atoms with E-state index in [-0.39, 0.29) is 0 Å². The molecule has 16 heavy (non-hydrogen) atoms. The Morgan fingerprint density at radius 3 is 2.56 bits per heavy atom. The van der Waals surface area contributed by atoms with E-state index >= 15 is 0 Å². The maximum Gasteiger partial charge on any atom is 0.325 e. The fourth-order valence-corrected chi connectivity index (χ4v) is 1.51. The van der Waals surface area contributed by atoms with Crippen LogP contribution in [0.4, 0.5) is 0 Å². The molecule has 0 amide bonds. The number of nitrogens with two attached hydrogens (primary N) is 1. The smallest absolute Gasteiger partial charge is 0.325 e. The van der Waals surface area contributed by atoms with Gasteiger partial charge in [0.15, 0.2) is 0 Å². The van der Waals surface area contributed by atoms with E-state index in [0.29, 0.717) is 13.1 Å². The van der Waals surface area contributed by atoms with Crippen molar-refractivity contribution in [3.05, 3.63) is 35.9 Å². The molecule has 0 saturated heterocycles. The van der Waals surface area contributed by atoms with Crippen molar-refractivity contribution >= 4 is 5.97 Å². The number of nitrogens with one attached hydrogen (secondary N) is 1. The first kappa shape index (κ1) is 12.7. The van der Waals surface area contributed by atoms with E-state index in [9.17, 15) is 4.79 Å². The minimum Gasteiger partial charge on any atom is -0.480 e. The minimum atomic E-state index is -0.848. The van der Waals surface area contributed by atoms with Crippen LogP contribution in [0.3, 0.4) is 0 Å². The third kappa shape index (κ3) is 4.00. The summed E-state index contributed by atoms with van der Waals surface area (Å²) < 4.78 is 0. The molecule has 4 heteroatoms. The van der Waals surface area contributed by atoms with E-state index in [1.54, 1.807) is 0 Å². The first-order chi connectivity index (χ1) is 7.75. The molecule has 1 aromatic rings. The predicted octanol–water partition coefficient (Wildman–Crippen LogP) is 1.14. The normalized spacial score (nSPS) is 12.3. The van der Waals surface area contributed by atoms with Gasteiger partial charge in [-0.1, -0.05) is 30.3 Å². The molecule has 0 aromatic heterocycles. The molecule has 0 aliphatic carbocycles. The fourth-order valence-electron chi connectivity index (χ4n) is 1.51. The second-order valence-electron chi connectivity index (χ2n) is 3.63. The van der Waals surface area contributed by atoms with Crippen LogP contribution < -0.4 is 11.1 Å². The Bertz CT molecular complexity index is 314. The van der Waals surface area contributed by atoms with Gasteiger partial charge in [0.2, 0.25) is 0 Å². The maximum atomic E-state index is 11.1. The molecule has 0 bridgehead atoms. The standard InChI is InChI=1S/C12H18N2O2/c13-8-4-5-9-14-11(12(15)16)10-6-2-1-3-7-10/h1-3,6-7,11,14H,4-5,8-9,13H2,(H,15,16). The number of carbonyl (C=O) groups is 1. The second-order valence-corrected chi connectivity index (χ2v) is 3.63. The van der Waals surface area contributed by atoms with Crippen molar-refractivity contribution < 1.29 is 9.90 Å². The third-order valence-corrected chi connectivity index (χ3v) is 2.36. The first-order valence-electron chi connectivity index (χ1n) is 5.47. The quantitative estimate of drug-likeness (QED) is 0.605. The Morgan fingerprint density at radius 1 is 1.31 bits per heavy atom. The number of hydrogen-bond donors (Lipinski definition) is 3. The average molecular weight is 222 g/mol. The van der Waals surface area contributed by atoms with Gasteiger partial charge in [-0.25, -0.2) is 0 Å². The van der Waals surface area contributed by atoms with Crippen molar-refractivity contribution in [1.29, 1.82) is 0 Å². The number of hydrogen-bond acceptors (Lipinski definition) is 3. The number of aliphatic carboxylic acids is 1. The van der Waals surface area contributed by atoms with Gasteiger partial charge < -0.3 is 16.2 Å². The van der Waals surface area contributed by atoms with Gasteiger partial charge >= 0.3 is 5.97 Å². The summed E-state index contributed by atoms with van der Waals surface area (Å²) in [5, 5.41) is 12.1. The molecule has 1 unspecified atom stereocenters. The van der Waals surface area contributed by atoms with E-state index in [0.717, 1.165) is 18.4 Å². The van der Waals surface area contributed by atoms with Gasteiger partial charge in [-0.2, -0.15) is 0 Å². The van der Waals surface area contributed by atoms with Gasteiger partial charge in [-0.3, -0.25) is 4.79 Å². The summed E-state index contributed by atoms with van der Waals surface area (Å²) in [4.78, 5) is 11.1. The molecule has 4 nitrogen and oxygen atoms in total. The molecule has 0 fully saturated rings. The highest BCUT2D eigenvalue weighted by molar-refractivity contribution is 5.75. The molecule has 0 heterocycles. The molecular formula is C12H18N2O2. The lowest BCUT2D eigenvalue weighted by Crippen LogP contribution is -2.29. The van der Waals surface area contributed by atoms with E-state index in [2.05, 4.69) is 5.32 Å². The first-order valence-corrected chi connectivity index (χ1v) is 5.47. The fraction of sp³-hybridized carbons (Fsp3) is 0.417. The van der Waals surface area contributed by atoms with Crippen molar-refractivity contribution in [2.75, 3.05) is 13.1 Å². The van der Waals surface area contributed by atoms with Crippen LogP contribution in [-0.2, 0) is 4.79 Å². The van der Waals surface area contributed by atoms with Crippen molar-refractivity contribution in [2.45, 2.75) is 18.9 Å². The van der Waals surface area contributed by atoms with Crippen LogP contribution in [0.1, 0.15) is 24.4 Å². The van der Waals surface area contributed by atoms with E-state index in [1.807, 2.05) is 30.3 Å². The average Bonchev–Trinajstić information content (AvgIpc) is 2.30. The highest BCUT2D eigenvalue weighted by Gasteiger charge is 2.17. The van der Waals surface area contributed by atoms with Crippen molar-refractivity contribution in [2.24, 2.45) is 5.73 Å². The van der Waals surface area contributed by atoms with Crippen LogP contribution in [0.2, 0.25) is 0 Å². The van der Waals surface area contributed by atoms with E-state index < -0.39 is 12.0 Å². The number of unbranched alkanes of at least 4 members (excludes halogenated alkanes) is 1. The zero-order chi connectivity index (χ0) is 11.8. The summed E-state index contributed by atoms with van der Waals surface area (Å²) >= 11 is 0. The Balaban J connectivity index is 2.52. The molecule has 88 valence electrons. The Morgan fingerprint density at radius 2 is 2.00 bits per heavy atom. The van der Waals surface area contributed by atoms with Crippen LogP contribution in [0.15, 0.2) is 30.3 Å². The third-order valence-electron chi connectivity index (χ3n) is 2.36. The molecule has 0 aliphatic heterocycles. The van der Waals surface area contributed by atoms with Crippen LogP contribution in [0.5, 0.6) is 0 Å². The Labute approximate surface area is 95.5 Å². The summed E-state index contributed by atoms with van der Waals surface area (Å²) in [6.07, 6.45) is 1.81. The Kier molecular flexibility index (Phi) is 5.53. The lowest BCUT2D eigenvalue weighted by Gasteiger charge is -2.14.